The summed E-state index contributed by atoms with van der Waals surface area (Å²) in [5.41, 5.74) is 0. The van der Waals surface area contributed by atoms with E-state index in [0.717, 1.165) is 18.2 Å². The van der Waals surface area contributed by atoms with Gasteiger partial charge in [0.15, 0.2) is 0 Å². The van der Waals surface area contributed by atoms with Crippen molar-refractivity contribution in [2.45, 2.75) is 19.9 Å². The van der Waals surface area contributed by atoms with Crippen LogP contribution in [0, 0.1) is 0 Å². The molecule has 0 atom stereocenters. The topological polar surface area (TPSA) is 125 Å². The van der Waals surface area contributed by atoms with Crippen LogP contribution in [-0.4, -0.2) is 41.5 Å². The second-order valence-electron chi connectivity index (χ2n) is 4.08. The van der Waals surface area contributed by atoms with Crippen molar-refractivity contribution in [3.8, 4) is 0 Å². The molecule has 0 radical (unpaired) electrons. The molecule has 8 heteroatoms. The van der Waals surface area contributed by atoms with Crippen LogP contribution in [0.2, 0.25) is 0 Å². The van der Waals surface area contributed by atoms with E-state index in [0.29, 0.717) is 0 Å². The highest BCUT2D eigenvalue weighted by molar-refractivity contribution is 5.89. The Kier molecular flexibility index (Phi) is 19.2. The molecule has 8 nitrogen and oxygen atoms in total. The summed E-state index contributed by atoms with van der Waals surface area (Å²) >= 11 is 0. The third-order valence-electron chi connectivity index (χ3n) is 1.69. The first-order valence-electron chi connectivity index (χ1n) is 6.73. The van der Waals surface area contributed by atoms with Crippen LogP contribution in [-0.2, 0) is 19.2 Å². The van der Waals surface area contributed by atoms with Gasteiger partial charge in [-0.1, -0.05) is 26.3 Å². The lowest BCUT2D eigenvalue weighted by Crippen LogP contribution is -2.35. The highest BCUT2D eigenvalue weighted by Crippen LogP contribution is 1.75. The number of hydrogen-bond donors (Lipinski definition) is 4. The second-order valence-corrected chi connectivity index (χ2v) is 4.08. The average molecular weight is 339 g/mol. The van der Waals surface area contributed by atoms with Gasteiger partial charge in [-0.25, -0.2) is 4.79 Å². The molecule has 24 heavy (non-hydrogen) atoms. The van der Waals surface area contributed by atoms with Crippen molar-refractivity contribution in [2.75, 3.05) is 6.67 Å². The number of nitrogens with one attached hydrogen (secondary N) is 3. The molecule has 0 rings (SSSR count). The van der Waals surface area contributed by atoms with Crippen LogP contribution < -0.4 is 16.0 Å². The maximum atomic E-state index is 10.5. The van der Waals surface area contributed by atoms with Gasteiger partial charge in [0.2, 0.25) is 17.7 Å². The molecule has 4 N–H and O–H groups in total. The first kappa shape index (κ1) is 25.8. The van der Waals surface area contributed by atoms with Gasteiger partial charge in [-0.05, 0) is 32.1 Å². The lowest BCUT2D eigenvalue weighted by atomic mass is 10.4. The molecule has 0 unspecified atom stereocenters. The van der Waals surface area contributed by atoms with Crippen LogP contribution in [0.1, 0.15) is 13.8 Å². The molecule has 0 spiro atoms. The minimum absolute atomic E-state index is 0.0930. The van der Waals surface area contributed by atoms with Gasteiger partial charge in [-0.2, -0.15) is 0 Å². The molecule has 0 saturated heterocycles. The Bertz CT molecular complexity index is 450. The Morgan fingerprint density at radius 1 is 0.833 bits per heavy atom. The van der Waals surface area contributed by atoms with Crippen molar-refractivity contribution in [1.29, 1.82) is 0 Å². The quantitative estimate of drug-likeness (QED) is 0.397. The fourth-order valence-corrected chi connectivity index (χ4v) is 0.706. The van der Waals surface area contributed by atoms with Crippen LogP contribution in [0.3, 0.4) is 0 Å². The van der Waals surface area contributed by atoms with Crippen LogP contribution in [0.4, 0.5) is 0 Å². The van der Waals surface area contributed by atoms with Gasteiger partial charge in [0.1, 0.15) is 0 Å². The summed E-state index contributed by atoms with van der Waals surface area (Å²) in [4.78, 5) is 40.6. The molecule has 0 aromatic heterocycles. The number of carboxylic acids is 1. The zero-order chi connectivity index (χ0) is 19.5. The third kappa shape index (κ3) is 27.2. The molecule has 0 heterocycles. The van der Waals surface area contributed by atoms with Gasteiger partial charge in [0, 0.05) is 12.1 Å². The summed E-state index contributed by atoms with van der Waals surface area (Å²) in [6.45, 7) is 16.6. The number of amides is 3. The number of carbonyl (C=O) groups excluding carboxylic acids is 3. The highest BCUT2D eigenvalue weighted by Gasteiger charge is 1.94. The van der Waals surface area contributed by atoms with E-state index < -0.39 is 5.97 Å². The van der Waals surface area contributed by atoms with E-state index in [1.54, 1.807) is 0 Å². The van der Waals surface area contributed by atoms with Gasteiger partial charge in [0.25, 0.3) is 0 Å². The molecule has 134 valence electrons. The van der Waals surface area contributed by atoms with Crippen molar-refractivity contribution in [3.63, 3.8) is 0 Å². The minimum atomic E-state index is -0.981. The summed E-state index contributed by atoms with van der Waals surface area (Å²) in [7, 11) is 0. The first-order chi connectivity index (χ1) is 11.1. The van der Waals surface area contributed by atoms with Crippen molar-refractivity contribution in [2.24, 2.45) is 0 Å². The smallest absolute Gasteiger partial charge is 0.327 e. The Morgan fingerprint density at radius 2 is 1.17 bits per heavy atom. The van der Waals surface area contributed by atoms with Crippen LogP contribution in [0.5, 0.6) is 0 Å². The number of carboxylic acid groups (broad SMARTS) is 1. The van der Waals surface area contributed by atoms with E-state index in [1.807, 2.05) is 13.8 Å². The number of carbonyl (C=O) groups is 4. The maximum absolute atomic E-state index is 10.5. The molecule has 0 saturated carbocycles. The molecule has 0 bridgehead atoms. The van der Waals surface area contributed by atoms with E-state index in [4.69, 9.17) is 5.11 Å². The molecule has 0 aromatic carbocycles. The molecule has 3 amide bonds. The standard InChI is InChI=1S/C7H10N2O2.C6H11NO.C3H4O2/c1-3-6(10)8-5-9-7(11)4-2;1-4-6(8)7-5(2)3;1-2-3(4)5/h3-4H,1-2,5H2,(H,8,10)(H,9,11);4-5H,1H2,2-3H3,(H,7,8);2H,1H2,(H,4,5). The van der Waals surface area contributed by atoms with Gasteiger partial charge in [-0.3, -0.25) is 14.4 Å². The van der Waals surface area contributed by atoms with Crippen LogP contribution in [0.15, 0.2) is 50.6 Å². The second kappa shape index (κ2) is 17.9. The SMILES string of the molecule is C=CC(=O)NC(C)C.C=CC(=O)NCNC(=O)C=C.C=CC(=O)O. The minimum Gasteiger partial charge on any atom is -0.478 e. The van der Waals surface area contributed by atoms with Gasteiger partial charge in [-0.15, -0.1) is 0 Å². The van der Waals surface area contributed by atoms with E-state index >= 15 is 0 Å². The lowest BCUT2D eigenvalue weighted by molar-refractivity contribution is -0.131. The van der Waals surface area contributed by atoms with E-state index in [9.17, 15) is 19.2 Å². The fraction of sp³-hybridized carbons (Fsp3) is 0.250. The molecular weight excluding hydrogens is 314 g/mol. The maximum Gasteiger partial charge on any atom is 0.327 e. The predicted octanol–water partition coefficient (Wildman–Crippen LogP) is 0.502. The number of hydrogen-bond acceptors (Lipinski definition) is 4. The van der Waals surface area contributed by atoms with Crippen LogP contribution in [0.25, 0.3) is 0 Å². The fourth-order valence-electron chi connectivity index (χ4n) is 0.706. The third-order valence-corrected chi connectivity index (χ3v) is 1.69. The zero-order valence-corrected chi connectivity index (χ0v) is 14.0. The lowest BCUT2D eigenvalue weighted by Gasteiger charge is -2.02. The number of aliphatic carboxylic acids is 1. The average Bonchev–Trinajstić information content (AvgIpc) is 2.54. The Labute approximate surface area is 142 Å². The molecule has 0 aliphatic heterocycles. The van der Waals surface area contributed by atoms with E-state index in [-0.39, 0.29) is 30.4 Å². The Morgan fingerprint density at radius 3 is 1.33 bits per heavy atom. The summed E-state index contributed by atoms with van der Waals surface area (Å²) in [5, 5.41) is 15.0. The molecule has 0 aliphatic rings. The summed E-state index contributed by atoms with van der Waals surface area (Å²) in [6.07, 6.45) is 4.35. The van der Waals surface area contributed by atoms with Crippen LogP contribution >= 0.6 is 0 Å². The summed E-state index contributed by atoms with van der Waals surface area (Å²) in [6, 6.07) is 0.209. The number of rotatable bonds is 7. The molecule has 0 aromatic rings. The largest absolute Gasteiger partial charge is 0.478 e. The molecular formula is C16H25N3O5. The Hall–Kier alpha value is -3.16. The van der Waals surface area contributed by atoms with E-state index in [1.165, 1.54) is 6.08 Å². The molecule has 0 fully saturated rings. The van der Waals surface area contributed by atoms with Crippen molar-refractivity contribution >= 4 is 23.7 Å². The van der Waals surface area contributed by atoms with Crippen molar-refractivity contribution in [3.05, 3.63) is 50.6 Å². The van der Waals surface area contributed by atoms with Crippen molar-refractivity contribution < 1.29 is 24.3 Å². The van der Waals surface area contributed by atoms with Gasteiger partial charge in [0.05, 0.1) is 6.67 Å². The predicted molar refractivity (Wildman–Crippen MR) is 92.9 cm³/mol. The normalized spacial score (nSPS) is 7.96. The molecule has 0 aliphatic carbocycles. The van der Waals surface area contributed by atoms with Gasteiger partial charge >= 0.3 is 5.97 Å². The van der Waals surface area contributed by atoms with Gasteiger partial charge < -0.3 is 21.1 Å². The summed E-state index contributed by atoms with van der Waals surface area (Å²) in [5.74, 6) is -1.74. The Balaban J connectivity index is -0.000000298. The summed E-state index contributed by atoms with van der Waals surface area (Å²) < 4.78 is 0. The monoisotopic (exact) mass is 339 g/mol. The first-order valence-corrected chi connectivity index (χ1v) is 6.73. The zero-order valence-electron chi connectivity index (χ0n) is 14.0. The van der Waals surface area contributed by atoms with Crippen molar-refractivity contribution in [1.82, 2.24) is 16.0 Å². The highest BCUT2D eigenvalue weighted by atomic mass is 16.4. The van der Waals surface area contributed by atoms with E-state index in [2.05, 4.69) is 42.3 Å².